The number of hydrogen-bond acceptors (Lipinski definition) is 4. The van der Waals surface area contributed by atoms with Gasteiger partial charge in [0, 0.05) is 18.9 Å². The van der Waals surface area contributed by atoms with Gasteiger partial charge in [0.05, 0.1) is 0 Å². The van der Waals surface area contributed by atoms with E-state index in [1.807, 2.05) is 24.3 Å². The third kappa shape index (κ3) is 4.97. The minimum absolute atomic E-state index is 0.0103. The lowest BCUT2D eigenvalue weighted by molar-refractivity contribution is -0.141. The molecule has 0 saturated carbocycles. The number of benzene rings is 2. The number of aliphatic carboxylic acids is 1. The Hall–Kier alpha value is -3.35. The zero-order chi connectivity index (χ0) is 21.7. The Morgan fingerprint density at radius 2 is 1.57 bits per heavy atom. The van der Waals surface area contributed by atoms with Crippen LogP contribution in [0.15, 0.2) is 48.5 Å². The molecule has 0 radical (unpaired) electrons. The Labute approximate surface area is 175 Å². The van der Waals surface area contributed by atoms with Gasteiger partial charge in [-0.2, -0.15) is 0 Å². The second-order valence-corrected chi connectivity index (χ2v) is 7.64. The summed E-state index contributed by atoms with van der Waals surface area (Å²) in [6.07, 6.45) is -0.426. The second-order valence-electron chi connectivity index (χ2n) is 7.64. The number of ether oxygens (including phenoxy) is 1. The lowest BCUT2D eigenvalue weighted by Gasteiger charge is -2.16. The Morgan fingerprint density at radius 3 is 2.13 bits per heavy atom. The van der Waals surface area contributed by atoms with Gasteiger partial charge in [-0.3, -0.25) is 9.59 Å². The maximum absolute atomic E-state index is 12.2. The van der Waals surface area contributed by atoms with Gasteiger partial charge in [0.1, 0.15) is 12.6 Å². The summed E-state index contributed by atoms with van der Waals surface area (Å²) in [5, 5.41) is 13.9. The molecule has 7 heteroatoms. The molecule has 0 fully saturated rings. The number of rotatable bonds is 8. The van der Waals surface area contributed by atoms with Crippen molar-refractivity contribution in [1.82, 2.24) is 10.6 Å². The number of carbonyl (C=O) groups is 3. The van der Waals surface area contributed by atoms with E-state index >= 15 is 0 Å². The van der Waals surface area contributed by atoms with Crippen molar-refractivity contribution in [3.05, 3.63) is 59.7 Å². The van der Waals surface area contributed by atoms with Gasteiger partial charge >= 0.3 is 12.1 Å². The van der Waals surface area contributed by atoms with E-state index in [-0.39, 0.29) is 37.3 Å². The predicted octanol–water partition coefficient (Wildman–Crippen LogP) is 3.14. The molecule has 0 spiro atoms. The number of hydrogen-bond donors (Lipinski definition) is 3. The molecular weight excluding hydrogens is 384 g/mol. The number of amides is 2. The largest absolute Gasteiger partial charge is 0.480 e. The van der Waals surface area contributed by atoms with E-state index in [0.29, 0.717) is 0 Å². The highest BCUT2D eigenvalue weighted by Crippen LogP contribution is 2.44. The van der Waals surface area contributed by atoms with E-state index in [4.69, 9.17) is 9.84 Å². The summed E-state index contributed by atoms with van der Waals surface area (Å²) in [5.41, 5.74) is 4.61. The number of carbonyl (C=O) groups excluding carboxylic acids is 2. The van der Waals surface area contributed by atoms with Crippen LogP contribution in [0.1, 0.15) is 37.3 Å². The first-order valence-corrected chi connectivity index (χ1v) is 9.97. The van der Waals surface area contributed by atoms with Crippen LogP contribution in [-0.4, -0.2) is 42.3 Å². The van der Waals surface area contributed by atoms with E-state index in [1.165, 1.54) is 6.92 Å². The SMILES string of the molecule is CC(CNC(=O)OCC1c2ccccc2-c2ccccc21)CC(=O)N[C@@H](C)C(=O)O. The minimum Gasteiger partial charge on any atom is -0.480 e. The van der Waals surface area contributed by atoms with Crippen LogP contribution in [0, 0.1) is 5.92 Å². The first-order chi connectivity index (χ1) is 14.4. The molecular formula is C23H26N2O5. The molecule has 1 aliphatic carbocycles. The third-order valence-electron chi connectivity index (χ3n) is 5.22. The summed E-state index contributed by atoms with van der Waals surface area (Å²) in [6, 6.07) is 15.3. The minimum atomic E-state index is -1.09. The maximum atomic E-state index is 12.2. The van der Waals surface area contributed by atoms with Crippen LogP contribution in [0.5, 0.6) is 0 Å². The number of nitrogens with one attached hydrogen (secondary N) is 2. The molecule has 1 aliphatic rings. The zero-order valence-electron chi connectivity index (χ0n) is 17.1. The molecule has 0 bridgehead atoms. The molecule has 0 aliphatic heterocycles. The fourth-order valence-corrected chi connectivity index (χ4v) is 3.66. The smallest absolute Gasteiger partial charge is 0.407 e. The summed E-state index contributed by atoms with van der Waals surface area (Å²) in [7, 11) is 0. The molecule has 7 nitrogen and oxygen atoms in total. The van der Waals surface area contributed by atoms with Gasteiger partial charge < -0.3 is 20.5 Å². The third-order valence-corrected chi connectivity index (χ3v) is 5.22. The number of carboxylic acid groups (broad SMARTS) is 1. The molecule has 0 saturated heterocycles. The Morgan fingerprint density at radius 1 is 1.00 bits per heavy atom. The zero-order valence-corrected chi connectivity index (χ0v) is 17.1. The van der Waals surface area contributed by atoms with Gasteiger partial charge in [-0.25, -0.2) is 4.79 Å². The van der Waals surface area contributed by atoms with Gasteiger partial charge in [0.25, 0.3) is 0 Å². The maximum Gasteiger partial charge on any atom is 0.407 e. The first-order valence-electron chi connectivity index (χ1n) is 9.97. The van der Waals surface area contributed by atoms with E-state index in [1.54, 1.807) is 6.92 Å². The molecule has 158 valence electrons. The van der Waals surface area contributed by atoms with Crippen LogP contribution in [0.25, 0.3) is 11.1 Å². The normalized spacial score (nSPS) is 14.2. The van der Waals surface area contributed by atoms with Gasteiger partial charge in [-0.1, -0.05) is 55.5 Å². The topological polar surface area (TPSA) is 105 Å². The molecule has 3 N–H and O–H groups in total. The molecule has 2 amide bonds. The van der Waals surface area contributed by atoms with Crippen LogP contribution in [0.3, 0.4) is 0 Å². The lowest BCUT2D eigenvalue weighted by atomic mass is 9.98. The Bertz CT molecular complexity index is 897. The Balaban J connectivity index is 1.48. The highest BCUT2D eigenvalue weighted by atomic mass is 16.5. The summed E-state index contributed by atoms with van der Waals surface area (Å²) >= 11 is 0. The molecule has 30 heavy (non-hydrogen) atoms. The van der Waals surface area contributed by atoms with Crippen molar-refractivity contribution < 1.29 is 24.2 Å². The fourth-order valence-electron chi connectivity index (χ4n) is 3.66. The van der Waals surface area contributed by atoms with E-state index in [2.05, 4.69) is 34.9 Å². The first kappa shape index (κ1) is 21.4. The fraction of sp³-hybridized carbons (Fsp3) is 0.348. The van der Waals surface area contributed by atoms with E-state index in [0.717, 1.165) is 22.3 Å². The van der Waals surface area contributed by atoms with Crippen LogP contribution < -0.4 is 10.6 Å². The van der Waals surface area contributed by atoms with E-state index < -0.39 is 18.1 Å². The average Bonchev–Trinajstić information content (AvgIpc) is 3.04. The molecule has 0 aromatic heterocycles. The van der Waals surface area contributed by atoms with Gasteiger partial charge in [-0.15, -0.1) is 0 Å². The second kappa shape index (κ2) is 9.43. The van der Waals surface area contributed by atoms with E-state index in [9.17, 15) is 14.4 Å². The standard InChI is InChI=1S/C23H26N2O5/c1-14(11-21(26)25-15(2)22(27)28)12-24-23(29)30-13-20-18-9-5-3-7-16(18)17-8-4-6-10-19(17)20/h3-10,14-15,20H,11-13H2,1-2H3,(H,24,29)(H,25,26)(H,27,28)/t14?,15-/m0/s1. The molecule has 3 rings (SSSR count). The molecule has 2 atom stereocenters. The summed E-state index contributed by atoms with van der Waals surface area (Å²) in [5.74, 6) is -1.63. The number of carboxylic acids is 1. The van der Waals surface area contributed by atoms with Crippen LogP contribution in [0.2, 0.25) is 0 Å². The molecule has 2 aromatic rings. The van der Waals surface area contributed by atoms with Gasteiger partial charge in [0.2, 0.25) is 5.91 Å². The van der Waals surface area contributed by atoms with Crippen molar-refractivity contribution in [2.24, 2.45) is 5.92 Å². The summed E-state index contributed by atoms with van der Waals surface area (Å²) < 4.78 is 5.46. The molecule has 2 aromatic carbocycles. The highest BCUT2D eigenvalue weighted by molar-refractivity contribution is 5.83. The Kier molecular flexibility index (Phi) is 6.72. The lowest BCUT2D eigenvalue weighted by Crippen LogP contribution is -2.40. The summed E-state index contributed by atoms with van der Waals surface area (Å²) in [4.78, 5) is 34.8. The number of fused-ring (bicyclic) bond motifs is 3. The van der Waals surface area contributed by atoms with Crippen molar-refractivity contribution in [3.63, 3.8) is 0 Å². The quantitative estimate of drug-likeness (QED) is 0.620. The van der Waals surface area contributed by atoms with Crippen LogP contribution in [0.4, 0.5) is 4.79 Å². The van der Waals surface area contributed by atoms with Crippen molar-refractivity contribution in [1.29, 1.82) is 0 Å². The van der Waals surface area contributed by atoms with Crippen molar-refractivity contribution in [2.45, 2.75) is 32.2 Å². The van der Waals surface area contributed by atoms with Crippen molar-refractivity contribution in [2.75, 3.05) is 13.2 Å². The van der Waals surface area contributed by atoms with Crippen LogP contribution >= 0.6 is 0 Å². The summed E-state index contributed by atoms with van der Waals surface area (Å²) in [6.45, 7) is 3.69. The number of alkyl carbamates (subject to hydrolysis) is 1. The van der Waals surface area contributed by atoms with Gasteiger partial charge in [0.15, 0.2) is 0 Å². The monoisotopic (exact) mass is 410 g/mol. The average molecular weight is 410 g/mol. The highest BCUT2D eigenvalue weighted by Gasteiger charge is 2.29. The van der Waals surface area contributed by atoms with Gasteiger partial charge in [-0.05, 0) is 35.1 Å². The molecule has 0 heterocycles. The van der Waals surface area contributed by atoms with Crippen LogP contribution in [-0.2, 0) is 14.3 Å². The predicted molar refractivity (Wildman–Crippen MR) is 112 cm³/mol. The van der Waals surface area contributed by atoms with Crippen molar-refractivity contribution in [3.8, 4) is 11.1 Å². The van der Waals surface area contributed by atoms with Crippen molar-refractivity contribution >= 4 is 18.0 Å². The molecule has 1 unspecified atom stereocenters.